The summed E-state index contributed by atoms with van der Waals surface area (Å²) in [5.41, 5.74) is 1.27. The van der Waals surface area contributed by atoms with E-state index in [1.54, 1.807) is 12.3 Å². The standard InChI is InChI=1S/C22H28F3N5O2/c1-14-12-27-21(29-19(14)30(2)3)28-17-10-8-15(9-11-17)20(31)26-13-16-6-4-5-7-18(16)32-22(23,24)25/h4-7,12,15,17H,8-11,13H2,1-3H3,(H,26,31)(H,27,28,29)/t15-,17+. The fraction of sp³-hybridized carbons (Fsp3) is 0.500. The summed E-state index contributed by atoms with van der Waals surface area (Å²) < 4.78 is 41.7. The molecule has 7 nitrogen and oxygen atoms in total. The Morgan fingerprint density at radius 1 is 1.19 bits per heavy atom. The summed E-state index contributed by atoms with van der Waals surface area (Å²) in [6.07, 6.45) is -0.0853. The maximum Gasteiger partial charge on any atom is 0.573 e. The Labute approximate surface area is 185 Å². The quantitative estimate of drug-likeness (QED) is 0.662. The van der Waals surface area contributed by atoms with Crippen LogP contribution in [0.1, 0.15) is 36.8 Å². The number of hydrogen-bond acceptors (Lipinski definition) is 6. The smallest absolute Gasteiger partial charge is 0.405 e. The number of alkyl halides is 3. The zero-order chi connectivity index (χ0) is 23.3. The van der Waals surface area contributed by atoms with Crippen LogP contribution in [0.2, 0.25) is 0 Å². The van der Waals surface area contributed by atoms with Crippen LogP contribution in [0.15, 0.2) is 30.5 Å². The first-order valence-corrected chi connectivity index (χ1v) is 10.5. The van der Waals surface area contributed by atoms with Gasteiger partial charge in [-0.1, -0.05) is 18.2 Å². The zero-order valence-electron chi connectivity index (χ0n) is 18.4. The monoisotopic (exact) mass is 451 g/mol. The Hall–Kier alpha value is -3.04. The van der Waals surface area contributed by atoms with Crippen molar-refractivity contribution in [1.29, 1.82) is 0 Å². The number of benzene rings is 1. The summed E-state index contributed by atoms with van der Waals surface area (Å²) in [6.45, 7) is 1.93. The Bertz CT molecular complexity index is 928. The van der Waals surface area contributed by atoms with Gasteiger partial charge in [0.05, 0.1) is 0 Å². The Morgan fingerprint density at radius 2 is 1.88 bits per heavy atom. The third kappa shape index (κ3) is 6.48. The molecule has 1 aliphatic carbocycles. The lowest BCUT2D eigenvalue weighted by atomic mass is 9.85. The van der Waals surface area contributed by atoms with E-state index in [2.05, 4.69) is 25.3 Å². The maximum atomic E-state index is 12.6. The number of rotatable bonds is 7. The molecule has 0 saturated heterocycles. The van der Waals surface area contributed by atoms with E-state index in [1.807, 2.05) is 25.9 Å². The summed E-state index contributed by atoms with van der Waals surface area (Å²) in [5.74, 6) is 0.772. The van der Waals surface area contributed by atoms with Crippen LogP contribution in [0.5, 0.6) is 5.75 Å². The van der Waals surface area contributed by atoms with E-state index in [4.69, 9.17) is 0 Å². The van der Waals surface area contributed by atoms with Gasteiger partial charge in [0.1, 0.15) is 11.6 Å². The lowest BCUT2D eigenvalue weighted by molar-refractivity contribution is -0.274. The van der Waals surface area contributed by atoms with Crippen LogP contribution in [0, 0.1) is 12.8 Å². The van der Waals surface area contributed by atoms with Crippen LogP contribution >= 0.6 is 0 Å². The van der Waals surface area contributed by atoms with E-state index in [-0.39, 0.29) is 35.7 Å². The van der Waals surface area contributed by atoms with E-state index < -0.39 is 6.36 Å². The van der Waals surface area contributed by atoms with E-state index >= 15 is 0 Å². The minimum Gasteiger partial charge on any atom is -0.405 e. The second-order valence-corrected chi connectivity index (χ2v) is 8.16. The number of amides is 1. The Balaban J connectivity index is 1.50. The van der Waals surface area contributed by atoms with Gasteiger partial charge in [0.25, 0.3) is 0 Å². The molecule has 0 spiro atoms. The third-order valence-electron chi connectivity index (χ3n) is 5.45. The number of nitrogens with zero attached hydrogens (tertiary/aromatic N) is 3. The summed E-state index contributed by atoms with van der Waals surface area (Å²) in [4.78, 5) is 23.4. The number of para-hydroxylation sites is 1. The summed E-state index contributed by atoms with van der Waals surface area (Å²) in [6, 6.07) is 5.97. The van der Waals surface area contributed by atoms with E-state index in [0.717, 1.165) is 24.2 Å². The number of hydrogen-bond donors (Lipinski definition) is 2. The zero-order valence-corrected chi connectivity index (χ0v) is 18.4. The molecule has 32 heavy (non-hydrogen) atoms. The number of ether oxygens (including phenoxy) is 1. The molecule has 1 saturated carbocycles. The van der Waals surface area contributed by atoms with Crippen molar-refractivity contribution in [2.24, 2.45) is 5.92 Å². The van der Waals surface area contributed by atoms with Gasteiger partial charge in [0.2, 0.25) is 11.9 Å². The first-order valence-electron chi connectivity index (χ1n) is 10.5. The molecule has 3 rings (SSSR count). The van der Waals surface area contributed by atoms with Gasteiger partial charge < -0.3 is 20.3 Å². The van der Waals surface area contributed by atoms with Crippen LogP contribution < -0.4 is 20.3 Å². The molecule has 2 aromatic rings. The van der Waals surface area contributed by atoms with Crippen LogP contribution in [0.4, 0.5) is 24.9 Å². The fourth-order valence-electron chi connectivity index (χ4n) is 3.84. The Morgan fingerprint density at radius 3 is 2.53 bits per heavy atom. The van der Waals surface area contributed by atoms with Crippen LogP contribution in [0.3, 0.4) is 0 Å². The number of nitrogens with one attached hydrogen (secondary N) is 2. The molecule has 1 aromatic carbocycles. The minimum atomic E-state index is -4.78. The highest BCUT2D eigenvalue weighted by Crippen LogP contribution is 2.28. The molecule has 1 amide bonds. The number of aryl methyl sites for hydroxylation is 1. The number of halogens is 3. The van der Waals surface area contributed by atoms with Gasteiger partial charge in [-0.3, -0.25) is 4.79 Å². The van der Waals surface area contributed by atoms with Crippen molar-refractivity contribution in [2.75, 3.05) is 24.3 Å². The topological polar surface area (TPSA) is 79.4 Å². The van der Waals surface area contributed by atoms with Gasteiger partial charge in [-0.2, -0.15) is 4.98 Å². The number of aromatic nitrogens is 2. The van der Waals surface area contributed by atoms with Gasteiger partial charge in [-0.15, -0.1) is 13.2 Å². The van der Waals surface area contributed by atoms with E-state index in [0.29, 0.717) is 18.8 Å². The number of carbonyl (C=O) groups excluding carboxylic acids is 1. The fourth-order valence-corrected chi connectivity index (χ4v) is 3.84. The number of carbonyl (C=O) groups is 1. The van der Waals surface area contributed by atoms with Crippen molar-refractivity contribution >= 4 is 17.7 Å². The minimum absolute atomic E-state index is 0.0201. The molecular formula is C22H28F3N5O2. The largest absolute Gasteiger partial charge is 0.573 e. The summed E-state index contributed by atoms with van der Waals surface area (Å²) >= 11 is 0. The predicted octanol–water partition coefficient (Wildman–Crippen LogP) is 4.04. The predicted molar refractivity (Wildman–Crippen MR) is 115 cm³/mol. The maximum absolute atomic E-state index is 12.6. The highest BCUT2D eigenvalue weighted by molar-refractivity contribution is 5.78. The van der Waals surface area contributed by atoms with Crippen molar-refractivity contribution in [2.45, 2.75) is 51.6 Å². The summed E-state index contributed by atoms with van der Waals surface area (Å²) in [5, 5.41) is 6.09. The molecule has 1 aromatic heterocycles. The van der Waals surface area contributed by atoms with Gasteiger partial charge in [-0.25, -0.2) is 4.98 Å². The van der Waals surface area contributed by atoms with E-state index in [1.165, 1.54) is 18.2 Å². The highest BCUT2D eigenvalue weighted by Gasteiger charge is 2.32. The molecule has 0 unspecified atom stereocenters. The molecule has 1 aliphatic rings. The molecule has 0 atom stereocenters. The summed E-state index contributed by atoms with van der Waals surface area (Å²) in [7, 11) is 3.85. The molecule has 2 N–H and O–H groups in total. The SMILES string of the molecule is Cc1cnc(N[C@H]2CC[C@@H](C(=O)NCc3ccccc3OC(F)(F)F)CC2)nc1N(C)C. The van der Waals surface area contributed by atoms with Crippen molar-refractivity contribution in [1.82, 2.24) is 15.3 Å². The normalized spacial score (nSPS) is 18.7. The molecule has 0 bridgehead atoms. The lowest BCUT2D eigenvalue weighted by Gasteiger charge is -2.28. The average Bonchev–Trinajstić information content (AvgIpc) is 2.73. The molecular weight excluding hydrogens is 423 g/mol. The molecule has 1 fully saturated rings. The van der Waals surface area contributed by atoms with E-state index in [9.17, 15) is 18.0 Å². The van der Waals surface area contributed by atoms with Crippen molar-refractivity contribution in [3.63, 3.8) is 0 Å². The molecule has 10 heteroatoms. The molecule has 0 radical (unpaired) electrons. The second kappa shape index (κ2) is 10.1. The third-order valence-corrected chi connectivity index (χ3v) is 5.45. The van der Waals surface area contributed by atoms with Crippen molar-refractivity contribution in [3.05, 3.63) is 41.6 Å². The van der Waals surface area contributed by atoms with Crippen LogP contribution in [0.25, 0.3) is 0 Å². The van der Waals surface area contributed by atoms with Crippen LogP contribution in [-0.2, 0) is 11.3 Å². The number of anilines is 2. The average molecular weight is 451 g/mol. The second-order valence-electron chi connectivity index (χ2n) is 8.16. The first kappa shape index (κ1) is 23.6. The highest BCUT2D eigenvalue weighted by atomic mass is 19.4. The van der Waals surface area contributed by atoms with Crippen molar-refractivity contribution < 1.29 is 22.7 Å². The lowest BCUT2D eigenvalue weighted by Crippen LogP contribution is -2.36. The Kier molecular flexibility index (Phi) is 7.42. The van der Waals surface area contributed by atoms with Gasteiger partial charge in [-0.05, 0) is 38.7 Å². The van der Waals surface area contributed by atoms with Gasteiger partial charge in [0.15, 0.2) is 0 Å². The van der Waals surface area contributed by atoms with Gasteiger partial charge in [0, 0.05) is 49.9 Å². The van der Waals surface area contributed by atoms with Crippen molar-refractivity contribution in [3.8, 4) is 5.75 Å². The molecule has 1 heterocycles. The molecule has 174 valence electrons. The van der Waals surface area contributed by atoms with Crippen LogP contribution in [-0.4, -0.2) is 42.4 Å². The first-order chi connectivity index (χ1) is 15.1. The molecule has 0 aliphatic heterocycles. The van der Waals surface area contributed by atoms with Gasteiger partial charge >= 0.3 is 6.36 Å².